The van der Waals surface area contributed by atoms with Gasteiger partial charge in [-0.15, -0.1) is 0 Å². The van der Waals surface area contributed by atoms with Crippen LogP contribution in [0.4, 0.5) is 11.6 Å². The summed E-state index contributed by atoms with van der Waals surface area (Å²) in [5.41, 5.74) is 2.51. The summed E-state index contributed by atoms with van der Waals surface area (Å²) in [4.78, 5) is 13.0. The zero-order valence-corrected chi connectivity index (χ0v) is 10.4. The standard InChI is InChI=1S/C11H20N6O/c12-15-10-8-13-9-11(14-10)17-3-1-2-16(4-5-17)6-7-18/h8-9,18H,1-7,12H2,(H,14,15). The molecule has 0 aromatic carbocycles. The Bertz CT molecular complexity index is 374. The van der Waals surface area contributed by atoms with Crippen LogP contribution in [0.3, 0.4) is 0 Å². The molecule has 18 heavy (non-hydrogen) atoms. The van der Waals surface area contributed by atoms with Crippen LogP contribution in [-0.2, 0) is 0 Å². The third-order valence-electron chi connectivity index (χ3n) is 3.10. The maximum atomic E-state index is 8.96. The second-order valence-corrected chi connectivity index (χ2v) is 4.31. The lowest BCUT2D eigenvalue weighted by atomic mass is 10.4. The van der Waals surface area contributed by atoms with E-state index in [1.54, 1.807) is 12.4 Å². The highest BCUT2D eigenvalue weighted by molar-refractivity contribution is 5.43. The van der Waals surface area contributed by atoms with Crippen molar-refractivity contribution in [2.45, 2.75) is 6.42 Å². The zero-order valence-electron chi connectivity index (χ0n) is 10.4. The third kappa shape index (κ3) is 3.28. The minimum absolute atomic E-state index is 0.215. The number of aromatic nitrogens is 2. The molecule has 4 N–H and O–H groups in total. The van der Waals surface area contributed by atoms with E-state index in [1.807, 2.05) is 0 Å². The molecule has 7 heteroatoms. The highest BCUT2D eigenvalue weighted by atomic mass is 16.3. The molecule has 2 heterocycles. The Morgan fingerprint density at radius 3 is 2.94 bits per heavy atom. The van der Waals surface area contributed by atoms with Crippen molar-refractivity contribution in [2.24, 2.45) is 5.84 Å². The topological polar surface area (TPSA) is 90.5 Å². The second-order valence-electron chi connectivity index (χ2n) is 4.31. The van der Waals surface area contributed by atoms with Crippen molar-refractivity contribution in [1.29, 1.82) is 0 Å². The fourth-order valence-electron chi connectivity index (χ4n) is 2.14. The molecule has 1 fully saturated rings. The SMILES string of the molecule is NNc1cncc(N2CCCN(CCO)CC2)n1. The molecule has 0 aliphatic carbocycles. The largest absolute Gasteiger partial charge is 0.395 e. The predicted molar refractivity (Wildman–Crippen MR) is 70.2 cm³/mol. The van der Waals surface area contributed by atoms with E-state index < -0.39 is 0 Å². The van der Waals surface area contributed by atoms with Gasteiger partial charge in [0.15, 0.2) is 5.82 Å². The zero-order chi connectivity index (χ0) is 12.8. The number of hydrogen-bond donors (Lipinski definition) is 3. The summed E-state index contributed by atoms with van der Waals surface area (Å²) >= 11 is 0. The van der Waals surface area contributed by atoms with Crippen molar-refractivity contribution in [3.8, 4) is 0 Å². The van der Waals surface area contributed by atoms with Crippen molar-refractivity contribution in [1.82, 2.24) is 14.9 Å². The number of hydrogen-bond acceptors (Lipinski definition) is 7. The normalized spacial score (nSPS) is 17.6. The molecule has 0 saturated carbocycles. The van der Waals surface area contributed by atoms with Gasteiger partial charge in [0.05, 0.1) is 19.0 Å². The Morgan fingerprint density at radius 2 is 2.17 bits per heavy atom. The molecule has 0 bridgehead atoms. The smallest absolute Gasteiger partial charge is 0.160 e. The maximum Gasteiger partial charge on any atom is 0.160 e. The summed E-state index contributed by atoms with van der Waals surface area (Å²) < 4.78 is 0. The molecule has 1 saturated heterocycles. The fraction of sp³-hybridized carbons (Fsp3) is 0.636. The Hall–Kier alpha value is -1.44. The average Bonchev–Trinajstić information content (AvgIpc) is 2.65. The first kappa shape index (κ1) is 13.0. The van der Waals surface area contributed by atoms with Crippen LogP contribution in [0.1, 0.15) is 6.42 Å². The number of nitrogen functional groups attached to an aromatic ring is 1. The lowest BCUT2D eigenvalue weighted by molar-refractivity contribution is 0.204. The van der Waals surface area contributed by atoms with E-state index >= 15 is 0 Å². The average molecular weight is 252 g/mol. The number of nitrogens with one attached hydrogen (secondary N) is 1. The van der Waals surface area contributed by atoms with Gasteiger partial charge in [0, 0.05) is 26.2 Å². The first-order chi connectivity index (χ1) is 8.83. The van der Waals surface area contributed by atoms with Gasteiger partial charge in [-0.25, -0.2) is 10.8 Å². The Balaban J connectivity index is 2.00. The second kappa shape index (κ2) is 6.48. The summed E-state index contributed by atoms with van der Waals surface area (Å²) in [7, 11) is 0. The molecule has 0 unspecified atom stereocenters. The van der Waals surface area contributed by atoms with E-state index in [1.165, 1.54) is 0 Å². The molecule has 0 spiro atoms. The monoisotopic (exact) mass is 252 g/mol. The highest BCUT2D eigenvalue weighted by Gasteiger charge is 2.15. The van der Waals surface area contributed by atoms with Gasteiger partial charge in [-0.3, -0.25) is 9.88 Å². The van der Waals surface area contributed by atoms with E-state index in [0.29, 0.717) is 5.82 Å². The molecule has 0 atom stereocenters. The van der Waals surface area contributed by atoms with Crippen LogP contribution >= 0.6 is 0 Å². The van der Waals surface area contributed by atoms with Gasteiger partial charge in [-0.1, -0.05) is 0 Å². The first-order valence-corrected chi connectivity index (χ1v) is 6.20. The van der Waals surface area contributed by atoms with Crippen LogP contribution < -0.4 is 16.2 Å². The van der Waals surface area contributed by atoms with E-state index in [2.05, 4.69) is 25.2 Å². The number of rotatable bonds is 4. The molecule has 100 valence electrons. The summed E-state index contributed by atoms with van der Waals surface area (Å²) in [6, 6.07) is 0. The van der Waals surface area contributed by atoms with Gasteiger partial charge >= 0.3 is 0 Å². The van der Waals surface area contributed by atoms with E-state index in [-0.39, 0.29) is 6.61 Å². The minimum atomic E-state index is 0.215. The highest BCUT2D eigenvalue weighted by Crippen LogP contribution is 2.14. The molecular formula is C11H20N6O. The van der Waals surface area contributed by atoms with E-state index in [0.717, 1.165) is 45.0 Å². The molecule has 0 radical (unpaired) electrons. The Morgan fingerprint density at radius 1 is 1.28 bits per heavy atom. The van der Waals surface area contributed by atoms with E-state index in [9.17, 15) is 0 Å². The third-order valence-corrected chi connectivity index (χ3v) is 3.10. The Kier molecular flexibility index (Phi) is 4.68. The maximum absolute atomic E-state index is 8.96. The Labute approximate surface area is 107 Å². The quantitative estimate of drug-likeness (QED) is 0.480. The van der Waals surface area contributed by atoms with Crippen LogP contribution in [0.2, 0.25) is 0 Å². The molecule has 1 aromatic rings. The first-order valence-electron chi connectivity index (χ1n) is 6.20. The van der Waals surface area contributed by atoms with Gasteiger partial charge in [-0.05, 0) is 13.0 Å². The molecule has 7 nitrogen and oxygen atoms in total. The van der Waals surface area contributed by atoms with Crippen molar-refractivity contribution in [2.75, 3.05) is 49.7 Å². The van der Waals surface area contributed by atoms with Crippen molar-refractivity contribution >= 4 is 11.6 Å². The molecule has 1 aromatic heterocycles. The summed E-state index contributed by atoms with van der Waals surface area (Å²) in [5, 5.41) is 8.96. The van der Waals surface area contributed by atoms with Crippen molar-refractivity contribution in [3.05, 3.63) is 12.4 Å². The minimum Gasteiger partial charge on any atom is -0.395 e. The van der Waals surface area contributed by atoms with Gasteiger partial charge in [0.1, 0.15) is 5.82 Å². The molecule has 1 aliphatic heterocycles. The number of anilines is 2. The number of hydrazine groups is 1. The molecule has 0 amide bonds. The number of aliphatic hydroxyl groups excluding tert-OH is 1. The van der Waals surface area contributed by atoms with E-state index in [4.69, 9.17) is 10.9 Å². The summed E-state index contributed by atoms with van der Waals surface area (Å²) in [5.74, 6) is 6.75. The number of β-amino-alcohol motifs (C(OH)–C–C–N with tert-alkyl or cyclic N) is 1. The van der Waals surface area contributed by atoms with Gasteiger partial charge in [0.25, 0.3) is 0 Å². The fourth-order valence-corrected chi connectivity index (χ4v) is 2.14. The van der Waals surface area contributed by atoms with Crippen LogP contribution in [0.25, 0.3) is 0 Å². The molecule has 1 aliphatic rings. The van der Waals surface area contributed by atoms with Crippen LogP contribution in [0.5, 0.6) is 0 Å². The van der Waals surface area contributed by atoms with Crippen LogP contribution in [-0.4, -0.2) is 59.3 Å². The van der Waals surface area contributed by atoms with Gasteiger partial charge < -0.3 is 15.4 Å². The van der Waals surface area contributed by atoms with Gasteiger partial charge in [-0.2, -0.15) is 0 Å². The lowest BCUT2D eigenvalue weighted by Gasteiger charge is -2.22. The number of nitrogens with zero attached hydrogens (tertiary/aromatic N) is 4. The van der Waals surface area contributed by atoms with Crippen molar-refractivity contribution < 1.29 is 5.11 Å². The predicted octanol–water partition coefficient (Wildman–Crippen LogP) is -0.733. The van der Waals surface area contributed by atoms with Gasteiger partial charge in [0.2, 0.25) is 0 Å². The number of aliphatic hydroxyl groups is 1. The summed E-state index contributed by atoms with van der Waals surface area (Å²) in [6.07, 6.45) is 4.41. The van der Waals surface area contributed by atoms with Crippen LogP contribution in [0, 0.1) is 0 Å². The number of nitrogens with two attached hydrogens (primary N) is 1. The van der Waals surface area contributed by atoms with Crippen molar-refractivity contribution in [3.63, 3.8) is 0 Å². The molecule has 2 rings (SSSR count). The lowest BCUT2D eigenvalue weighted by Crippen LogP contribution is -2.32. The molecular weight excluding hydrogens is 232 g/mol. The summed E-state index contributed by atoms with van der Waals surface area (Å²) in [6.45, 7) is 4.74. The van der Waals surface area contributed by atoms with Crippen LogP contribution in [0.15, 0.2) is 12.4 Å².